The number of rotatable bonds is 6. The summed E-state index contributed by atoms with van der Waals surface area (Å²) in [6, 6.07) is 0. The Kier molecular flexibility index (Phi) is 11.1. The van der Waals surface area contributed by atoms with E-state index in [1.807, 2.05) is 0 Å². The van der Waals surface area contributed by atoms with E-state index in [2.05, 4.69) is 0 Å². The van der Waals surface area contributed by atoms with Crippen molar-refractivity contribution in [3.8, 4) is 0 Å². The lowest BCUT2D eigenvalue weighted by atomic mass is 10.2. The van der Waals surface area contributed by atoms with Gasteiger partial charge in [-0.1, -0.05) is 6.92 Å². The Balaban J connectivity index is 0. The Morgan fingerprint density at radius 3 is 1.20 bits per heavy atom. The molecule has 0 aliphatic rings. The molecule has 3 N–H and O–H groups in total. The number of hydrogen-bond acceptors (Lipinski definition) is 3. The molecule has 15 heavy (non-hydrogen) atoms. The topological polar surface area (TPSA) is 112 Å². The Morgan fingerprint density at radius 1 is 0.800 bits per heavy atom. The van der Waals surface area contributed by atoms with Gasteiger partial charge in [-0.15, -0.1) is 0 Å². The summed E-state index contributed by atoms with van der Waals surface area (Å²) in [4.78, 5) is 29.2. The van der Waals surface area contributed by atoms with Crippen molar-refractivity contribution in [1.29, 1.82) is 0 Å². The van der Waals surface area contributed by atoms with Crippen LogP contribution in [-0.4, -0.2) is 33.2 Å². The van der Waals surface area contributed by atoms with Crippen molar-refractivity contribution in [3.05, 3.63) is 0 Å². The third kappa shape index (κ3) is 24.5. The molecular weight excluding hydrogens is 204 g/mol. The smallest absolute Gasteiger partial charge is 0.303 e. The van der Waals surface area contributed by atoms with E-state index < -0.39 is 17.9 Å². The molecule has 6 nitrogen and oxygen atoms in total. The third-order valence-corrected chi connectivity index (χ3v) is 1.33. The lowest BCUT2D eigenvalue weighted by Gasteiger charge is -1.92. The first kappa shape index (κ1) is 15.9. The van der Waals surface area contributed by atoms with Gasteiger partial charge in [0.25, 0.3) is 0 Å². The molecule has 0 spiro atoms. The first-order chi connectivity index (χ1) is 6.90. The minimum Gasteiger partial charge on any atom is -0.481 e. The number of hydrogen-bond donors (Lipinski definition) is 3. The molecule has 0 saturated heterocycles. The maximum Gasteiger partial charge on any atom is 0.303 e. The molecule has 0 fully saturated rings. The van der Waals surface area contributed by atoms with Crippen LogP contribution in [0, 0.1) is 0 Å². The molecule has 0 saturated carbocycles. The molecule has 0 amide bonds. The first-order valence-electron chi connectivity index (χ1n) is 4.55. The van der Waals surface area contributed by atoms with Gasteiger partial charge in [0.1, 0.15) is 0 Å². The summed E-state index contributed by atoms with van der Waals surface area (Å²) in [5.74, 6) is -2.49. The van der Waals surface area contributed by atoms with E-state index in [1.165, 1.54) is 0 Å². The van der Waals surface area contributed by atoms with Gasteiger partial charge in [0.2, 0.25) is 0 Å². The largest absolute Gasteiger partial charge is 0.481 e. The Hall–Kier alpha value is -1.59. The predicted molar refractivity (Wildman–Crippen MR) is 51.7 cm³/mol. The van der Waals surface area contributed by atoms with Crippen LogP contribution in [0.4, 0.5) is 0 Å². The molecular formula is C9H16O6. The molecule has 6 heteroatoms. The highest BCUT2D eigenvalue weighted by atomic mass is 16.4. The van der Waals surface area contributed by atoms with E-state index >= 15 is 0 Å². The number of aliphatic carboxylic acids is 3. The van der Waals surface area contributed by atoms with Gasteiger partial charge < -0.3 is 15.3 Å². The summed E-state index contributed by atoms with van der Waals surface area (Å²) in [6.45, 7) is 1.60. The third-order valence-electron chi connectivity index (χ3n) is 1.33. The van der Waals surface area contributed by atoms with Crippen LogP contribution in [0.2, 0.25) is 0 Å². The summed E-state index contributed by atoms with van der Waals surface area (Å²) in [6.07, 6.45) is 1.24. The maximum absolute atomic E-state index is 9.90. The summed E-state index contributed by atoms with van der Waals surface area (Å²) in [5, 5.41) is 24.0. The first-order valence-corrected chi connectivity index (χ1v) is 4.55. The molecule has 0 aromatic heterocycles. The second kappa shape index (κ2) is 10.5. The molecule has 0 aliphatic carbocycles. The van der Waals surface area contributed by atoms with Crippen molar-refractivity contribution >= 4 is 17.9 Å². The number of unbranched alkanes of at least 4 members (excludes halogenated alkanes) is 1. The highest BCUT2D eigenvalue weighted by Crippen LogP contribution is 1.98. The highest BCUT2D eigenvalue weighted by Gasteiger charge is 1.99. The second-order valence-corrected chi connectivity index (χ2v) is 2.74. The second-order valence-electron chi connectivity index (χ2n) is 2.74. The van der Waals surface area contributed by atoms with Crippen LogP contribution in [0.1, 0.15) is 39.0 Å². The molecule has 0 aliphatic heterocycles. The minimum atomic E-state index is -0.870. The van der Waals surface area contributed by atoms with Crippen LogP contribution < -0.4 is 0 Å². The summed E-state index contributed by atoms with van der Waals surface area (Å²) >= 11 is 0. The lowest BCUT2D eigenvalue weighted by molar-refractivity contribution is -0.139. The van der Waals surface area contributed by atoms with E-state index in [-0.39, 0.29) is 19.3 Å². The van der Waals surface area contributed by atoms with Crippen molar-refractivity contribution in [2.24, 2.45) is 0 Å². The van der Waals surface area contributed by atoms with Gasteiger partial charge in [-0.2, -0.15) is 0 Å². The van der Waals surface area contributed by atoms with Crippen molar-refractivity contribution in [3.63, 3.8) is 0 Å². The average molecular weight is 220 g/mol. The summed E-state index contributed by atoms with van der Waals surface area (Å²) in [5.41, 5.74) is 0. The van der Waals surface area contributed by atoms with E-state index in [0.29, 0.717) is 12.8 Å². The van der Waals surface area contributed by atoms with Gasteiger partial charge in [0.05, 0.1) is 0 Å². The zero-order valence-electron chi connectivity index (χ0n) is 8.60. The number of carbonyl (C=O) groups is 3. The fourth-order valence-electron chi connectivity index (χ4n) is 0.552. The van der Waals surface area contributed by atoms with Crippen LogP contribution in [0.15, 0.2) is 0 Å². The van der Waals surface area contributed by atoms with E-state index in [4.69, 9.17) is 15.3 Å². The van der Waals surface area contributed by atoms with Gasteiger partial charge in [0.15, 0.2) is 0 Å². The number of carboxylic acids is 3. The molecule has 0 radical (unpaired) electrons. The minimum absolute atomic E-state index is 0.0628. The zero-order chi connectivity index (χ0) is 12.3. The standard InChI is InChI=1S/C6H10O4.C3H6O2/c7-5(8)3-1-2-4-6(9)10;1-2-3(4)5/h1-4H2,(H,7,8)(H,9,10);2H2,1H3,(H,4,5). The Labute approximate surface area is 87.5 Å². The molecule has 0 rings (SSSR count). The fraction of sp³-hybridized carbons (Fsp3) is 0.667. The molecule has 0 aromatic carbocycles. The van der Waals surface area contributed by atoms with Crippen molar-refractivity contribution in [1.82, 2.24) is 0 Å². The lowest BCUT2D eigenvalue weighted by Crippen LogP contribution is -1.97. The van der Waals surface area contributed by atoms with Gasteiger partial charge in [-0.3, -0.25) is 14.4 Å². The van der Waals surface area contributed by atoms with Gasteiger partial charge in [-0.25, -0.2) is 0 Å². The van der Waals surface area contributed by atoms with Crippen LogP contribution in [-0.2, 0) is 14.4 Å². The quantitative estimate of drug-likeness (QED) is 0.580. The van der Waals surface area contributed by atoms with Crippen LogP contribution >= 0.6 is 0 Å². The molecule has 0 bridgehead atoms. The zero-order valence-corrected chi connectivity index (χ0v) is 8.60. The monoisotopic (exact) mass is 220 g/mol. The van der Waals surface area contributed by atoms with Crippen LogP contribution in [0.5, 0.6) is 0 Å². The van der Waals surface area contributed by atoms with Crippen LogP contribution in [0.3, 0.4) is 0 Å². The van der Waals surface area contributed by atoms with E-state index in [1.54, 1.807) is 6.92 Å². The predicted octanol–water partition coefficient (Wildman–Crippen LogP) is 1.20. The molecule has 0 atom stereocenters. The number of carboxylic acid groups (broad SMARTS) is 3. The van der Waals surface area contributed by atoms with Crippen molar-refractivity contribution in [2.45, 2.75) is 39.0 Å². The fourth-order valence-corrected chi connectivity index (χ4v) is 0.552. The normalized spacial score (nSPS) is 8.60. The SMILES string of the molecule is CCC(=O)O.O=C(O)CCCCC(=O)O. The van der Waals surface area contributed by atoms with Crippen molar-refractivity contribution in [2.75, 3.05) is 0 Å². The van der Waals surface area contributed by atoms with Crippen LogP contribution in [0.25, 0.3) is 0 Å². The maximum atomic E-state index is 9.90. The Bertz CT molecular complexity index is 195. The molecule has 0 unspecified atom stereocenters. The van der Waals surface area contributed by atoms with Crippen molar-refractivity contribution < 1.29 is 29.7 Å². The average Bonchev–Trinajstić information content (AvgIpc) is 2.13. The van der Waals surface area contributed by atoms with Gasteiger partial charge in [0, 0.05) is 19.3 Å². The van der Waals surface area contributed by atoms with Gasteiger partial charge in [-0.05, 0) is 12.8 Å². The molecule has 88 valence electrons. The van der Waals surface area contributed by atoms with E-state index in [9.17, 15) is 14.4 Å². The molecule has 0 heterocycles. The van der Waals surface area contributed by atoms with E-state index in [0.717, 1.165) is 0 Å². The summed E-state index contributed by atoms with van der Waals surface area (Å²) in [7, 11) is 0. The summed E-state index contributed by atoms with van der Waals surface area (Å²) < 4.78 is 0. The molecule has 0 aromatic rings. The van der Waals surface area contributed by atoms with Gasteiger partial charge >= 0.3 is 17.9 Å². The highest BCUT2D eigenvalue weighted by molar-refractivity contribution is 5.68. The Morgan fingerprint density at radius 2 is 1.07 bits per heavy atom.